The molecule has 0 atom stereocenters. The summed E-state index contributed by atoms with van der Waals surface area (Å²) < 4.78 is 24.6. The smallest absolute Gasteiger partial charge is 0.238 e. The molecule has 0 spiro atoms. The normalized spacial score (nSPS) is 19.0. The van der Waals surface area contributed by atoms with E-state index in [0.29, 0.717) is 32.6 Å². The second kappa shape index (κ2) is 5.88. The minimum absolute atomic E-state index is 0.00930. The van der Waals surface area contributed by atoms with Crippen molar-refractivity contribution in [2.24, 2.45) is 0 Å². The van der Waals surface area contributed by atoms with E-state index in [1.807, 2.05) is 6.92 Å². The average Bonchev–Trinajstić information content (AvgIpc) is 2.27. The van der Waals surface area contributed by atoms with Crippen molar-refractivity contribution in [1.82, 2.24) is 9.21 Å². The summed E-state index contributed by atoms with van der Waals surface area (Å²) in [6.45, 7) is 7.19. The molecule has 0 aliphatic carbocycles. The van der Waals surface area contributed by atoms with Crippen LogP contribution < -0.4 is 0 Å². The summed E-state index contributed by atoms with van der Waals surface area (Å²) in [6.07, 6.45) is 0.621. The second-order valence-electron chi connectivity index (χ2n) is 4.98. The van der Waals surface area contributed by atoms with Gasteiger partial charge < -0.3 is 4.90 Å². The maximum atomic E-state index is 12.0. The van der Waals surface area contributed by atoms with Crippen LogP contribution in [-0.4, -0.2) is 59.8 Å². The highest BCUT2D eigenvalue weighted by molar-refractivity contribution is 9.10. The van der Waals surface area contributed by atoms with Crippen LogP contribution in [0.1, 0.15) is 27.2 Å². The van der Waals surface area contributed by atoms with Gasteiger partial charge in [0, 0.05) is 26.2 Å². The highest BCUT2D eigenvalue weighted by Crippen LogP contribution is 2.20. The fraction of sp³-hybridized carbons (Fsp3) is 0.909. The predicted molar refractivity (Wildman–Crippen MR) is 75.2 cm³/mol. The fourth-order valence-corrected chi connectivity index (χ4v) is 3.68. The third-order valence-corrected chi connectivity index (χ3v) is 5.31. The van der Waals surface area contributed by atoms with E-state index in [1.165, 1.54) is 4.31 Å². The van der Waals surface area contributed by atoms with Crippen molar-refractivity contribution in [1.29, 1.82) is 0 Å². The lowest BCUT2D eigenvalue weighted by molar-refractivity contribution is -0.133. The van der Waals surface area contributed by atoms with E-state index in [4.69, 9.17) is 0 Å². The van der Waals surface area contributed by atoms with Crippen LogP contribution in [0.2, 0.25) is 0 Å². The zero-order chi connectivity index (χ0) is 14.0. The Bertz CT molecular complexity index is 395. The molecule has 1 fully saturated rings. The Kier molecular flexibility index (Phi) is 5.20. The van der Waals surface area contributed by atoms with Crippen molar-refractivity contribution in [3.63, 3.8) is 0 Å². The first-order chi connectivity index (χ1) is 8.18. The Morgan fingerprint density at radius 3 is 2.11 bits per heavy atom. The van der Waals surface area contributed by atoms with Crippen LogP contribution in [0.4, 0.5) is 0 Å². The highest BCUT2D eigenvalue weighted by atomic mass is 79.9. The first-order valence-corrected chi connectivity index (χ1v) is 8.55. The van der Waals surface area contributed by atoms with Gasteiger partial charge >= 0.3 is 0 Å². The number of carbonyl (C=O) groups is 1. The zero-order valence-corrected chi connectivity index (χ0v) is 13.6. The molecule has 1 amide bonds. The van der Waals surface area contributed by atoms with Crippen molar-refractivity contribution in [3.8, 4) is 0 Å². The monoisotopic (exact) mass is 340 g/mol. The molecule has 1 saturated heterocycles. The third kappa shape index (κ3) is 3.93. The third-order valence-electron chi connectivity index (χ3n) is 2.89. The van der Waals surface area contributed by atoms with Crippen LogP contribution in [-0.2, 0) is 14.8 Å². The minimum atomic E-state index is -3.13. The van der Waals surface area contributed by atoms with Gasteiger partial charge in [-0.05, 0) is 20.3 Å². The minimum Gasteiger partial charge on any atom is -0.339 e. The van der Waals surface area contributed by atoms with E-state index < -0.39 is 14.3 Å². The first kappa shape index (κ1) is 15.9. The number of alkyl halides is 1. The van der Waals surface area contributed by atoms with E-state index in [-0.39, 0.29) is 11.7 Å². The SMILES string of the molecule is CCCS(=O)(=O)N1CCN(C(=O)C(C)(C)Br)CC1. The Hall–Kier alpha value is -0.140. The van der Waals surface area contributed by atoms with E-state index >= 15 is 0 Å². The summed E-state index contributed by atoms with van der Waals surface area (Å²) in [5.74, 6) is 0.195. The topological polar surface area (TPSA) is 57.7 Å². The van der Waals surface area contributed by atoms with E-state index in [1.54, 1.807) is 18.7 Å². The maximum absolute atomic E-state index is 12.0. The molecule has 0 N–H and O–H groups in total. The van der Waals surface area contributed by atoms with Gasteiger partial charge in [-0.15, -0.1) is 0 Å². The quantitative estimate of drug-likeness (QED) is 0.718. The number of hydrogen-bond acceptors (Lipinski definition) is 3. The van der Waals surface area contributed by atoms with Crippen molar-refractivity contribution in [2.45, 2.75) is 31.5 Å². The Balaban J connectivity index is 2.59. The molecule has 1 rings (SSSR count). The summed E-state index contributed by atoms with van der Waals surface area (Å²) >= 11 is 3.34. The summed E-state index contributed by atoms with van der Waals surface area (Å²) in [4.78, 5) is 13.7. The van der Waals surface area contributed by atoms with Crippen molar-refractivity contribution >= 4 is 31.9 Å². The van der Waals surface area contributed by atoms with E-state index in [0.717, 1.165) is 0 Å². The van der Waals surface area contributed by atoms with Gasteiger partial charge in [0.2, 0.25) is 15.9 Å². The average molecular weight is 341 g/mol. The van der Waals surface area contributed by atoms with Crippen LogP contribution >= 0.6 is 15.9 Å². The van der Waals surface area contributed by atoms with Crippen LogP contribution in [0.15, 0.2) is 0 Å². The molecule has 7 heteroatoms. The maximum Gasteiger partial charge on any atom is 0.238 e. The second-order valence-corrected chi connectivity index (χ2v) is 9.05. The molecule has 5 nitrogen and oxygen atoms in total. The molecule has 0 aromatic rings. The highest BCUT2D eigenvalue weighted by Gasteiger charge is 2.33. The van der Waals surface area contributed by atoms with E-state index in [9.17, 15) is 13.2 Å². The lowest BCUT2D eigenvalue weighted by atomic mass is 10.1. The number of piperazine rings is 1. The van der Waals surface area contributed by atoms with Crippen molar-refractivity contribution < 1.29 is 13.2 Å². The fourth-order valence-electron chi connectivity index (χ4n) is 1.93. The molecule has 106 valence electrons. The van der Waals surface area contributed by atoms with Gasteiger partial charge in [-0.2, -0.15) is 4.31 Å². The van der Waals surface area contributed by atoms with Crippen molar-refractivity contribution in [3.05, 3.63) is 0 Å². The number of sulfonamides is 1. The lowest BCUT2D eigenvalue weighted by Crippen LogP contribution is -2.54. The molecule has 0 unspecified atom stereocenters. The molecule has 0 aromatic carbocycles. The number of nitrogens with zero attached hydrogens (tertiary/aromatic N) is 2. The predicted octanol–water partition coefficient (Wildman–Crippen LogP) is 1.04. The molecule has 1 aliphatic rings. The van der Waals surface area contributed by atoms with Crippen LogP contribution in [0, 0.1) is 0 Å². The molecule has 0 aromatic heterocycles. The summed E-state index contributed by atoms with van der Waals surface area (Å²) in [5.41, 5.74) is 0. The molecule has 1 aliphatic heterocycles. The lowest BCUT2D eigenvalue weighted by Gasteiger charge is -2.36. The molecular formula is C11H21BrN2O3S. The Labute approximate surface area is 118 Å². The van der Waals surface area contributed by atoms with Gasteiger partial charge in [0.1, 0.15) is 0 Å². The summed E-state index contributed by atoms with van der Waals surface area (Å²) in [6, 6.07) is 0. The van der Waals surface area contributed by atoms with Crippen LogP contribution in [0.3, 0.4) is 0 Å². The standard InChI is InChI=1S/C11H21BrN2O3S/c1-4-9-18(16,17)14-7-5-13(6-8-14)10(15)11(2,3)12/h4-9H2,1-3H3. The van der Waals surface area contributed by atoms with E-state index in [2.05, 4.69) is 15.9 Å². The number of carbonyl (C=O) groups excluding carboxylic acids is 1. The zero-order valence-electron chi connectivity index (χ0n) is 11.1. The number of halogens is 1. The van der Waals surface area contributed by atoms with Crippen LogP contribution in [0.25, 0.3) is 0 Å². The molecule has 1 heterocycles. The van der Waals surface area contributed by atoms with Gasteiger partial charge in [0.15, 0.2) is 0 Å². The summed E-state index contributed by atoms with van der Waals surface area (Å²) in [7, 11) is -3.13. The van der Waals surface area contributed by atoms with Crippen molar-refractivity contribution in [2.75, 3.05) is 31.9 Å². The van der Waals surface area contributed by atoms with Gasteiger partial charge in [0.05, 0.1) is 10.1 Å². The molecule has 0 saturated carbocycles. The summed E-state index contributed by atoms with van der Waals surface area (Å²) in [5, 5.41) is 0. The van der Waals surface area contributed by atoms with Gasteiger partial charge in [-0.3, -0.25) is 4.79 Å². The number of rotatable bonds is 4. The first-order valence-electron chi connectivity index (χ1n) is 6.14. The number of amides is 1. The molecule has 0 bridgehead atoms. The molecular weight excluding hydrogens is 320 g/mol. The number of hydrogen-bond donors (Lipinski definition) is 0. The van der Waals surface area contributed by atoms with Gasteiger partial charge in [-0.25, -0.2) is 8.42 Å². The Morgan fingerprint density at radius 2 is 1.72 bits per heavy atom. The van der Waals surface area contributed by atoms with Gasteiger partial charge in [0.25, 0.3) is 0 Å². The molecule has 0 radical (unpaired) electrons. The van der Waals surface area contributed by atoms with Gasteiger partial charge in [-0.1, -0.05) is 22.9 Å². The molecule has 18 heavy (non-hydrogen) atoms. The Morgan fingerprint density at radius 1 is 1.22 bits per heavy atom. The largest absolute Gasteiger partial charge is 0.339 e. The van der Waals surface area contributed by atoms with Crippen LogP contribution in [0.5, 0.6) is 0 Å².